The molecule has 4 nitrogen and oxygen atoms in total. The molecular weight excluding hydrogens is 256 g/mol. The lowest BCUT2D eigenvalue weighted by Gasteiger charge is -1.91. The molecule has 90 valence electrons. The molecule has 0 saturated carbocycles. The molecule has 19 heavy (non-hydrogen) atoms. The van der Waals surface area contributed by atoms with Crippen LogP contribution in [0, 0.1) is 0 Å². The van der Waals surface area contributed by atoms with Gasteiger partial charge in [0.05, 0.1) is 5.56 Å². The molecule has 0 radical (unpaired) electrons. The first-order valence-electron chi connectivity index (χ1n) is 6.14. The lowest BCUT2D eigenvalue weighted by Crippen LogP contribution is -2.30. The van der Waals surface area contributed by atoms with Crippen LogP contribution >= 0.6 is 11.3 Å². The van der Waals surface area contributed by atoms with Crippen LogP contribution in [0.15, 0.2) is 42.9 Å². The van der Waals surface area contributed by atoms with Crippen molar-refractivity contribution in [1.82, 2.24) is 14.4 Å². The minimum absolute atomic E-state index is 0.900. The van der Waals surface area contributed by atoms with Crippen LogP contribution in [0.2, 0.25) is 0 Å². The van der Waals surface area contributed by atoms with E-state index in [4.69, 9.17) is 4.98 Å². The second kappa shape index (κ2) is 3.19. The van der Waals surface area contributed by atoms with Crippen molar-refractivity contribution in [2.75, 3.05) is 0 Å². The van der Waals surface area contributed by atoms with E-state index in [0.717, 1.165) is 17.8 Å². The predicted molar refractivity (Wildman–Crippen MR) is 73.1 cm³/mol. The minimum atomic E-state index is 0.900. The van der Waals surface area contributed by atoms with Crippen LogP contribution in [0.4, 0.5) is 0 Å². The van der Waals surface area contributed by atoms with E-state index in [0.29, 0.717) is 0 Å². The molecule has 5 heteroatoms. The summed E-state index contributed by atoms with van der Waals surface area (Å²) in [5, 5.41) is 1.26. The number of pyridine rings is 2. The first-order chi connectivity index (χ1) is 9.42. The van der Waals surface area contributed by atoms with E-state index in [-0.39, 0.29) is 0 Å². The van der Waals surface area contributed by atoms with Crippen LogP contribution in [0.3, 0.4) is 0 Å². The fraction of sp³-hybridized carbons (Fsp3) is 0.0714. The molecule has 1 aliphatic heterocycles. The van der Waals surface area contributed by atoms with Crippen LogP contribution in [0.1, 0.15) is 5.56 Å². The van der Waals surface area contributed by atoms with E-state index in [1.165, 1.54) is 21.0 Å². The fourth-order valence-electron chi connectivity index (χ4n) is 2.75. The zero-order valence-corrected chi connectivity index (χ0v) is 10.8. The van der Waals surface area contributed by atoms with Gasteiger partial charge in [0.2, 0.25) is 4.83 Å². The Bertz CT molecular complexity index is 951. The van der Waals surface area contributed by atoms with Crippen molar-refractivity contribution >= 4 is 27.5 Å². The highest BCUT2D eigenvalue weighted by Crippen LogP contribution is 2.34. The van der Waals surface area contributed by atoms with Gasteiger partial charge in [-0.2, -0.15) is 0 Å². The van der Waals surface area contributed by atoms with E-state index in [2.05, 4.69) is 26.2 Å². The molecule has 0 amide bonds. The number of imidazole rings is 1. The maximum Gasteiger partial charge on any atom is 0.362 e. The predicted octanol–water partition coefficient (Wildman–Crippen LogP) is 2.26. The van der Waals surface area contributed by atoms with E-state index in [1.54, 1.807) is 11.3 Å². The smallest absolute Gasteiger partial charge is 0.265 e. The molecular formula is C14H9N4S+. The Morgan fingerprint density at radius 2 is 2.26 bits per heavy atom. The third-order valence-corrected chi connectivity index (χ3v) is 4.84. The van der Waals surface area contributed by atoms with Crippen molar-refractivity contribution in [3.05, 3.63) is 48.4 Å². The monoisotopic (exact) mass is 265 g/mol. The number of nitrogens with zero attached hydrogens (tertiary/aromatic N) is 4. The Kier molecular flexibility index (Phi) is 1.62. The van der Waals surface area contributed by atoms with Crippen molar-refractivity contribution in [3.63, 3.8) is 0 Å². The third-order valence-electron chi connectivity index (χ3n) is 3.63. The number of thiazole rings is 1. The highest BCUT2D eigenvalue weighted by Gasteiger charge is 2.31. The SMILES string of the molecule is c1ccn2c(c1)nc1c2sc2[n+]1Cc1ccncc1-2. The Balaban J connectivity index is 1.93. The standard InChI is InChI=1S/C14H9N4S/c1-2-6-17-11(3-1)16-12-14(17)19-13-10-7-15-5-4-9(10)8-18(12)13/h1-7H,8H2/q+1. The Morgan fingerprint density at radius 1 is 1.26 bits per heavy atom. The van der Waals surface area contributed by atoms with Crippen molar-refractivity contribution in [2.45, 2.75) is 6.54 Å². The summed E-state index contributed by atoms with van der Waals surface area (Å²) in [6.07, 6.45) is 5.88. The van der Waals surface area contributed by atoms with Gasteiger partial charge in [0.25, 0.3) is 5.65 Å². The van der Waals surface area contributed by atoms with Crippen molar-refractivity contribution < 1.29 is 4.57 Å². The summed E-state index contributed by atoms with van der Waals surface area (Å²) >= 11 is 1.79. The Hall–Kier alpha value is -2.27. The van der Waals surface area contributed by atoms with Crippen molar-refractivity contribution in [2.24, 2.45) is 0 Å². The quantitative estimate of drug-likeness (QED) is 0.402. The second-order valence-electron chi connectivity index (χ2n) is 4.70. The summed E-state index contributed by atoms with van der Waals surface area (Å²) in [4.78, 5) is 10.2. The summed E-state index contributed by atoms with van der Waals surface area (Å²) in [6, 6.07) is 8.20. The average molecular weight is 265 g/mol. The number of fused-ring (bicyclic) bond motifs is 7. The first kappa shape index (κ1) is 9.63. The zero-order valence-electron chi connectivity index (χ0n) is 9.95. The molecule has 0 atom stereocenters. The van der Waals surface area contributed by atoms with E-state index < -0.39 is 0 Å². The molecule has 4 aromatic heterocycles. The number of hydrogen-bond donors (Lipinski definition) is 0. The summed E-state index contributed by atoms with van der Waals surface area (Å²) in [7, 11) is 0. The summed E-state index contributed by atoms with van der Waals surface area (Å²) in [6.45, 7) is 0.900. The molecule has 0 fully saturated rings. The van der Waals surface area contributed by atoms with Crippen LogP contribution in [0.5, 0.6) is 0 Å². The molecule has 5 heterocycles. The van der Waals surface area contributed by atoms with Gasteiger partial charge in [-0.15, -0.1) is 0 Å². The van der Waals surface area contributed by atoms with E-state index in [1.807, 2.05) is 30.6 Å². The van der Waals surface area contributed by atoms with E-state index in [9.17, 15) is 0 Å². The van der Waals surface area contributed by atoms with E-state index >= 15 is 0 Å². The average Bonchev–Trinajstić information content (AvgIpc) is 3.07. The largest absolute Gasteiger partial charge is 0.362 e. The number of rotatable bonds is 0. The highest BCUT2D eigenvalue weighted by atomic mass is 32.1. The van der Waals surface area contributed by atoms with Crippen LogP contribution in [-0.2, 0) is 6.54 Å². The van der Waals surface area contributed by atoms with Gasteiger partial charge in [0, 0.05) is 30.2 Å². The van der Waals surface area contributed by atoms with Gasteiger partial charge in [-0.1, -0.05) is 17.4 Å². The molecule has 0 aromatic carbocycles. The maximum atomic E-state index is 4.75. The van der Waals surface area contributed by atoms with Gasteiger partial charge in [-0.05, 0) is 17.1 Å². The van der Waals surface area contributed by atoms with Crippen LogP contribution in [-0.4, -0.2) is 14.4 Å². The molecule has 0 aliphatic carbocycles. The zero-order chi connectivity index (χ0) is 12.4. The van der Waals surface area contributed by atoms with Gasteiger partial charge in [-0.25, -0.2) is 4.57 Å². The molecule has 0 N–H and O–H groups in total. The van der Waals surface area contributed by atoms with Crippen LogP contribution < -0.4 is 4.57 Å². The molecule has 0 unspecified atom stereocenters. The normalized spacial score (nSPS) is 13.1. The molecule has 0 saturated heterocycles. The fourth-order valence-corrected chi connectivity index (χ4v) is 3.98. The highest BCUT2D eigenvalue weighted by molar-refractivity contribution is 7.20. The van der Waals surface area contributed by atoms with Crippen LogP contribution in [0.25, 0.3) is 26.7 Å². The molecule has 4 aromatic rings. The summed E-state index contributed by atoms with van der Waals surface area (Å²) in [5.41, 5.74) is 4.66. The summed E-state index contributed by atoms with van der Waals surface area (Å²) in [5.74, 6) is 0. The second-order valence-corrected chi connectivity index (χ2v) is 5.67. The summed E-state index contributed by atoms with van der Waals surface area (Å²) < 4.78 is 4.45. The number of aromatic nitrogens is 4. The molecule has 0 spiro atoms. The molecule has 1 aliphatic rings. The van der Waals surface area contributed by atoms with Gasteiger partial charge in [0.1, 0.15) is 6.54 Å². The lowest BCUT2D eigenvalue weighted by atomic mass is 10.2. The van der Waals surface area contributed by atoms with Gasteiger partial charge in [-0.3, -0.25) is 9.38 Å². The van der Waals surface area contributed by atoms with Gasteiger partial charge in [0.15, 0.2) is 5.01 Å². The van der Waals surface area contributed by atoms with Crippen molar-refractivity contribution in [1.29, 1.82) is 0 Å². The third kappa shape index (κ3) is 1.11. The number of hydrogen-bond acceptors (Lipinski definition) is 3. The van der Waals surface area contributed by atoms with Gasteiger partial charge < -0.3 is 0 Å². The van der Waals surface area contributed by atoms with Crippen molar-refractivity contribution in [3.8, 4) is 10.6 Å². The molecule has 0 bridgehead atoms. The topological polar surface area (TPSA) is 34.1 Å². The Labute approximate surface area is 112 Å². The lowest BCUT2D eigenvalue weighted by molar-refractivity contribution is -0.643. The van der Waals surface area contributed by atoms with Gasteiger partial charge >= 0.3 is 5.65 Å². The minimum Gasteiger partial charge on any atom is -0.265 e. The maximum absolute atomic E-state index is 4.75. The first-order valence-corrected chi connectivity index (χ1v) is 6.96. The Morgan fingerprint density at radius 3 is 3.26 bits per heavy atom. The molecule has 5 rings (SSSR count).